The highest BCUT2D eigenvalue weighted by Crippen LogP contribution is 2.18. The Balaban J connectivity index is 2.06. The van der Waals surface area contributed by atoms with Gasteiger partial charge < -0.3 is 9.64 Å². The summed E-state index contributed by atoms with van der Waals surface area (Å²) in [6.07, 6.45) is 3.06. The van der Waals surface area contributed by atoms with Crippen LogP contribution in [0.3, 0.4) is 0 Å². The molecule has 0 aromatic carbocycles. The number of morpholine rings is 1. The van der Waals surface area contributed by atoms with Gasteiger partial charge in [0.05, 0.1) is 17.7 Å². The third kappa shape index (κ3) is 2.61. The molecule has 3 nitrogen and oxygen atoms in total. The zero-order valence-electron chi connectivity index (χ0n) is 8.82. The number of rotatable bonds is 2. The number of ether oxygens (including phenoxy) is 1. The standard InChI is InChI=1S/C11H15ClN2O/c1-2-10-8-14(5-6-15-10)11-4-3-9(12)7-13-11/h3-4,7,10H,2,5-6,8H2,1H3. The monoisotopic (exact) mass is 226 g/mol. The predicted octanol–water partition coefficient (Wildman–Crippen LogP) is 2.35. The van der Waals surface area contributed by atoms with Gasteiger partial charge in [-0.05, 0) is 18.6 Å². The van der Waals surface area contributed by atoms with Crippen LogP contribution in [0.4, 0.5) is 5.82 Å². The van der Waals surface area contributed by atoms with E-state index in [1.165, 1.54) is 0 Å². The van der Waals surface area contributed by atoms with Crippen LogP contribution in [-0.4, -0.2) is 30.8 Å². The fourth-order valence-electron chi connectivity index (χ4n) is 1.73. The SMILES string of the molecule is CCC1CN(c2ccc(Cl)cn2)CCO1. The van der Waals surface area contributed by atoms with E-state index in [9.17, 15) is 0 Å². The molecule has 0 aliphatic carbocycles. The van der Waals surface area contributed by atoms with E-state index in [0.29, 0.717) is 11.1 Å². The summed E-state index contributed by atoms with van der Waals surface area (Å²) < 4.78 is 5.61. The molecule has 4 heteroatoms. The van der Waals surface area contributed by atoms with E-state index in [-0.39, 0.29) is 0 Å². The van der Waals surface area contributed by atoms with E-state index in [0.717, 1.165) is 31.9 Å². The van der Waals surface area contributed by atoms with Crippen LogP contribution in [0.2, 0.25) is 5.02 Å². The van der Waals surface area contributed by atoms with Gasteiger partial charge in [-0.3, -0.25) is 0 Å². The largest absolute Gasteiger partial charge is 0.375 e. The van der Waals surface area contributed by atoms with Gasteiger partial charge in [0.1, 0.15) is 5.82 Å². The lowest BCUT2D eigenvalue weighted by Crippen LogP contribution is -2.42. The predicted molar refractivity (Wildman–Crippen MR) is 61.5 cm³/mol. The molecule has 2 rings (SSSR count). The first kappa shape index (κ1) is 10.7. The van der Waals surface area contributed by atoms with Crippen molar-refractivity contribution in [1.29, 1.82) is 0 Å². The average Bonchev–Trinajstić information content (AvgIpc) is 2.30. The summed E-state index contributed by atoms with van der Waals surface area (Å²) in [6.45, 7) is 4.75. The van der Waals surface area contributed by atoms with Crippen molar-refractivity contribution in [2.24, 2.45) is 0 Å². The summed E-state index contributed by atoms with van der Waals surface area (Å²) in [6, 6.07) is 3.83. The van der Waals surface area contributed by atoms with Gasteiger partial charge in [0.25, 0.3) is 0 Å². The van der Waals surface area contributed by atoms with Gasteiger partial charge in [0, 0.05) is 19.3 Å². The topological polar surface area (TPSA) is 25.4 Å². The lowest BCUT2D eigenvalue weighted by atomic mass is 10.2. The molecule has 1 saturated heterocycles. The molecule has 0 N–H and O–H groups in total. The number of aromatic nitrogens is 1. The summed E-state index contributed by atoms with van der Waals surface area (Å²) in [5, 5.41) is 0.680. The van der Waals surface area contributed by atoms with Crippen LogP contribution < -0.4 is 4.90 Å². The van der Waals surface area contributed by atoms with Crippen LogP contribution in [0.25, 0.3) is 0 Å². The molecule has 1 fully saturated rings. The van der Waals surface area contributed by atoms with E-state index in [2.05, 4.69) is 16.8 Å². The Hall–Kier alpha value is -0.800. The molecule has 0 saturated carbocycles. The Morgan fingerprint density at radius 3 is 3.13 bits per heavy atom. The van der Waals surface area contributed by atoms with Gasteiger partial charge in [-0.1, -0.05) is 18.5 Å². The maximum Gasteiger partial charge on any atom is 0.128 e. The van der Waals surface area contributed by atoms with Crippen molar-refractivity contribution in [3.8, 4) is 0 Å². The summed E-state index contributed by atoms with van der Waals surface area (Å²) in [4.78, 5) is 6.55. The third-order valence-corrected chi connectivity index (χ3v) is 2.85. The maximum absolute atomic E-state index is 5.80. The fraction of sp³-hybridized carbons (Fsp3) is 0.545. The Labute approximate surface area is 95.0 Å². The van der Waals surface area contributed by atoms with Gasteiger partial charge in [0.2, 0.25) is 0 Å². The van der Waals surface area contributed by atoms with Crippen molar-refractivity contribution in [2.45, 2.75) is 19.4 Å². The van der Waals surface area contributed by atoms with Gasteiger partial charge >= 0.3 is 0 Å². The van der Waals surface area contributed by atoms with Crippen molar-refractivity contribution in [3.63, 3.8) is 0 Å². The van der Waals surface area contributed by atoms with Crippen LogP contribution in [0, 0.1) is 0 Å². The Bertz CT molecular complexity index is 315. The van der Waals surface area contributed by atoms with E-state index >= 15 is 0 Å². The first-order valence-corrected chi connectivity index (χ1v) is 5.65. The van der Waals surface area contributed by atoms with Crippen LogP contribution in [0.5, 0.6) is 0 Å². The van der Waals surface area contributed by atoms with Gasteiger partial charge in [-0.25, -0.2) is 4.98 Å². The number of pyridine rings is 1. The molecule has 1 unspecified atom stereocenters. The Morgan fingerprint density at radius 2 is 2.47 bits per heavy atom. The van der Waals surface area contributed by atoms with Crippen molar-refractivity contribution in [1.82, 2.24) is 4.98 Å². The quantitative estimate of drug-likeness (QED) is 0.774. The number of anilines is 1. The van der Waals surface area contributed by atoms with Gasteiger partial charge in [-0.15, -0.1) is 0 Å². The van der Waals surface area contributed by atoms with Crippen LogP contribution in [-0.2, 0) is 4.74 Å². The zero-order chi connectivity index (χ0) is 10.7. The highest BCUT2D eigenvalue weighted by Gasteiger charge is 2.19. The number of nitrogens with zero attached hydrogens (tertiary/aromatic N) is 2. The van der Waals surface area contributed by atoms with E-state index < -0.39 is 0 Å². The third-order valence-electron chi connectivity index (χ3n) is 2.63. The average molecular weight is 227 g/mol. The van der Waals surface area contributed by atoms with Crippen LogP contribution in [0.1, 0.15) is 13.3 Å². The van der Waals surface area contributed by atoms with Crippen molar-refractivity contribution in [3.05, 3.63) is 23.4 Å². The van der Waals surface area contributed by atoms with Gasteiger partial charge in [0.15, 0.2) is 0 Å². The molecular formula is C11H15ClN2O. The summed E-state index contributed by atoms with van der Waals surface area (Å²) in [5.41, 5.74) is 0. The van der Waals surface area contributed by atoms with Gasteiger partial charge in [-0.2, -0.15) is 0 Å². The Morgan fingerprint density at radius 1 is 1.60 bits per heavy atom. The first-order valence-electron chi connectivity index (χ1n) is 5.27. The van der Waals surface area contributed by atoms with Crippen LogP contribution >= 0.6 is 11.6 Å². The first-order chi connectivity index (χ1) is 7.29. The normalized spacial score (nSPS) is 21.7. The summed E-state index contributed by atoms with van der Waals surface area (Å²) in [5.74, 6) is 0.987. The molecule has 0 radical (unpaired) electrons. The summed E-state index contributed by atoms with van der Waals surface area (Å²) in [7, 11) is 0. The number of hydrogen-bond acceptors (Lipinski definition) is 3. The van der Waals surface area contributed by atoms with E-state index in [4.69, 9.17) is 16.3 Å². The molecule has 1 aromatic rings. The molecule has 1 aliphatic rings. The molecule has 0 bridgehead atoms. The maximum atomic E-state index is 5.80. The number of halogens is 1. The highest BCUT2D eigenvalue weighted by molar-refractivity contribution is 6.30. The van der Waals surface area contributed by atoms with E-state index in [1.807, 2.05) is 12.1 Å². The molecule has 15 heavy (non-hydrogen) atoms. The minimum absolute atomic E-state index is 0.330. The minimum atomic E-state index is 0.330. The lowest BCUT2D eigenvalue weighted by Gasteiger charge is -2.33. The molecule has 82 valence electrons. The fourth-order valence-corrected chi connectivity index (χ4v) is 1.84. The minimum Gasteiger partial charge on any atom is -0.375 e. The lowest BCUT2D eigenvalue weighted by molar-refractivity contribution is 0.0382. The molecular weight excluding hydrogens is 212 g/mol. The highest BCUT2D eigenvalue weighted by atomic mass is 35.5. The number of hydrogen-bond donors (Lipinski definition) is 0. The molecule has 2 heterocycles. The second-order valence-corrected chi connectivity index (χ2v) is 4.12. The molecule has 0 spiro atoms. The second-order valence-electron chi connectivity index (χ2n) is 3.68. The molecule has 1 aliphatic heterocycles. The molecule has 1 aromatic heterocycles. The van der Waals surface area contributed by atoms with Crippen molar-refractivity contribution in [2.75, 3.05) is 24.6 Å². The smallest absolute Gasteiger partial charge is 0.128 e. The Kier molecular flexibility index (Phi) is 3.44. The molecule has 1 atom stereocenters. The van der Waals surface area contributed by atoms with E-state index in [1.54, 1.807) is 6.20 Å². The van der Waals surface area contributed by atoms with Crippen LogP contribution in [0.15, 0.2) is 18.3 Å². The zero-order valence-corrected chi connectivity index (χ0v) is 9.57. The van der Waals surface area contributed by atoms with Crippen molar-refractivity contribution >= 4 is 17.4 Å². The second kappa shape index (κ2) is 4.81. The van der Waals surface area contributed by atoms with Crippen molar-refractivity contribution < 1.29 is 4.74 Å². The molecule has 0 amide bonds. The summed E-state index contributed by atoms with van der Waals surface area (Å²) >= 11 is 5.80.